The van der Waals surface area contributed by atoms with Gasteiger partial charge in [0.1, 0.15) is 5.58 Å². The molecule has 1 amide bonds. The summed E-state index contributed by atoms with van der Waals surface area (Å²) in [4.78, 5) is 16.4. The molecule has 0 saturated carbocycles. The van der Waals surface area contributed by atoms with Crippen LogP contribution in [-0.4, -0.2) is 17.4 Å². The first-order valence-electron chi connectivity index (χ1n) is 6.50. The maximum Gasteiger partial charge on any atom is 0.287 e. The number of benzene rings is 1. The average molecular weight is 321 g/mol. The molecule has 0 radical (unpaired) electrons. The van der Waals surface area contributed by atoms with Crippen molar-refractivity contribution >= 4 is 39.8 Å². The maximum absolute atomic E-state index is 12.0. The van der Waals surface area contributed by atoms with Gasteiger partial charge in [0.2, 0.25) is 0 Å². The smallest absolute Gasteiger partial charge is 0.287 e. The highest BCUT2D eigenvalue weighted by molar-refractivity contribution is 7.09. The quantitative estimate of drug-likeness (QED) is 0.795. The standard InChI is InChI=1S/C15H13ClN2O2S/c1-9-18-12(8-21-9)4-5-17-15(19)14-7-10-6-11(16)2-3-13(10)20-14/h2-3,6-8H,4-5H2,1H3,(H,17,19). The van der Waals surface area contributed by atoms with Gasteiger partial charge in [0, 0.05) is 28.8 Å². The summed E-state index contributed by atoms with van der Waals surface area (Å²) in [6.07, 6.45) is 0.710. The van der Waals surface area contributed by atoms with Gasteiger partial charge < -0.3 is 9.73 Å². The zero-order chi connectivity index (χ0) is 14.8. The van der Waals surface area contributed by atoms with E-state index in [1.807, 2.05) is 12.3 Å². The van der Waals surface area contributed by atoms with Crippen LogP contribution in [0.15, 0.2) is 34.1 Å². The van der Waals surface area contributed by atoms with E-state index in [1.54, 1.807) is 35.6 Å². The fourth-order valence-corrected chi connectivity index (χ4v) is 2.87. The number of furan rings is 1. The van der Waals surface area contributed by atoms with Crippen LogP contribution in [0.1, 0.15) is 21.3 Å². The number of aromatic nitrogens is 1. The van der Waals surface area contributed by atoms with Crippen molar-refractivity contribution in [2.24, 2.45) is 0 Å². The topological polar surface area (TPSA) is 55.1 Å². The molecular weight excluding hydrogens is 308 g/mol. The summed E-state index contributed by atoms with van der Waals surface area (Å²) in [6, 6.07) is 6.96. The molecule has 0 unspecified atom stereocenters. The average Bonchev–Trinajstić information content (AvgIpc) is 3.04. The summed E-state index contributed by atoms with van der Waals surface area (Å²) in [5.41, 5.74) is 1.65. The minimum absolute atomic E-state index is 0.228. The number of rotatable bonds is 4. The minimum Gasteiger partial charge on any atom is -0.451 e. The van der Waals surface area contributed by atoms with Crippen molar-refractivity contribution in [3.63, 3.8) is 0 Å². The monoisotopic (exact) mass is 320 g/mol. The van der Waals surface area contributed by atoms with Crippen LogP contribution in [-0.2, 0) is 6.42 Å². The third-order valence-electron chi connectivity index (χ3n) is 3.04. The lowest BCUT2D eigenvalue weighted by Crippen LogP contribution is -2.25. The van der Waals surface area contributed by atoms with Gasteiger partial charge in [0.05, 0.1) is 10.7 Å². The lowest BCUT2D eigenvalue weighted by molar-refractivity contribution is 0.0928. The Hall–Kier alpha value is -1.85. The molecule has 0 saturated heterocycles. The molecule has 4 nitrogen and oxygen atoms in total. The van der Waals surface area contributed by atoms with Crippen molar-refractivity contribution in [1.29, 1.82) is 0 Å². The maximum atomic E-state index is 12.0. The zero-order valence-electron chi connectivity index (χ0n) is 11.4. The molecule has 108 valence electrons. The number of nitrogens with zero attached hydrogens (tertiary/aromatic N) is 1. The first-order valence-corrected chi connectivity index (χ1v) is 7.76. The Morgan fingerprint density at radius 3 is 3.05 bits per heavy atom. The molecule has 0 fully saturated rings. The van der Waals surface area contributed by atoms with Gasteiger partial charge in [0.25, 0.3) is 5.91 Å². The predicted octanol–water partition coefficient (Wildman–Crippen LogP) is 3.82. The number of hydrogen-bond acceptors (Lipinski definition) is 4. The molecule has 0 spiro atoms. The Morgan fingerprint density at radius 1 is 1.43 bits per heavy atom. The highest BCUT2D eigenvalue weighted by Gasteiger charge is 2.12. The molecule has 0 aliphatic heterocycles. The molecule has 0 aliphatic rings. The van der Waals surface area contributed by atoms with Gasteiger partial charge in [-0.25, -0.2) is 4.98 Å². The third kappa shape index (κ3) is 3.25. The Balaban J connectivity index is 1.63. The van der Waals surface area contributed by atoms with Crippen LogP contribution in [0.4, 0.5) is 0 Å². The van der Waals surface area contributed by atoms with Gasteiger partial charge in [-0.2, -0.15) is 0 Å². The molecule has 2 aromatic heterocycles. The number of amides is 1. The van der Waals surface area contributed by atoms with Crippen LogP contribution < -0.4 is 5.32 Å². The summed E-state index contributed by atoms with van der Waals surface area (Å²) < 4.78 is 5.51. The SMILES string of the molecule is Cc1nc(CCNC(=O)c2cc3cc(Cl)ccc3o2)cs1. The van der Waals surface area contributed by atoms with E-state index in [1.165, 1.54) is 0 Å². The number of fused-ring (bicyclic) bond motifs is 1. The molecule has 3 aromatic rings. The molecule has 0 bridgehead atoms. The van der Waals surface area contributed by atoms with Gasteiger partial charge in [-0.3, -0.25) is 4.79 Å². The molecule has 2 heterocycles. The van der Waals surface area contributed by atoms with Crippen LogP contribution in [0.5, 0.6) is 0 Å². The van der Waals surface area contributed by atoms with Crippen LogP contribution in [0.25, 0.3) is 11.0 Å². The van der Waals surface area contributed by atoms with Gasteiger partial charge in [-0.1, -0.05) is 11.6 Å². The van der Waals surface area contributed by atoms with Crippen LogP contribution in [0, 0.1) is 6.92 Å². The lowest BCUT2D eigenvalue weighted by Gasteiger charge is -2.00. The molecule has 0 atom stereocenters. The van der Waals surface area contributed by atoms with Gasteiger partial charge >= 0.3 is 0 Å². The Morgan fingerprint density at radius 2 is 2.29 bits per heavy atom. The Bertz CT molecular complexity index is 794. The second kappa shape index (κ2) is 5.87. The van der Waals surface area contributed by atoms with Crippen molar-refractivity contribution in [3.8, 4) is 0 Å². The number of halogens is 1. The van der Waals surface area contributed by atoms with Crippen molar-refractivity contribution in [2.45, 2.75) is 13.3 Å². The number of aryl methyl sites for hydroxylation is 1. The third-order valence-corrected chi connectivity index (χ3v) is 4.09. The van der Waals surface area contributed by atoms with Gasteiger partial charge in [-0.05, 0) is 31.2 Å². The van der Waals surface area contributed by atoms with Crippen molar-refractivity contribution in [1.82, 2.24) is 10.3 Å². The van der Waals surface area contributed by atoms with Crippen molar-refractivity contribution in [2.75, 3.05) is 6.54 Å². The minimum atomic E-state index is -0.228. The van der Waals surface area contributed by atoms with Crippen molar-refractivity contribution < 1.29 is 9.21 Å². The van der Waals surface area contributed by atoms with Gasteiger partial charge in [-0.15, -0.1) is 11.3 Å². The second-order valence-corrected chi connectivity index (χ2v) is 6.16. The summed E-state index contributed by atoms with van der Waals surface area (Å²) in [7, 11) is 0. The van der Waals surface area contributed by atoms with E-state index in [-0.39, 0.29) is 5.91 Å². The number of carbonyl (C=O) groups is 1. The van der Waals surface area contributed by atoms with Crippen LogP contribution >= 0.6 is 22.9 Å². The lowest BCUT2D eigenvalue weighted by atomic mass is 10.2. The Kier molecular flexibility index (Phi) is 3.94. The summed E-state index contributed by atoms with van der Waals surface area (Å²) >= 11 is 7.52. The fraction of sp³-hybridized carbons (Fsp3) is 0.200. The molecule has 0 aliphatic carbocycles. The highest BCUT2D eigenvalue weighted by atomic mass is 35.5. The van der Waals surface area contributed by atoms with Gasteiger partial charge in [0.15, 0.2) is 5.76 Å². The molecule has 3 rings (SSSR count). The highest BCUT2D eigenvalue weighted by Crippen LogP contribution is 2.22. The first kappa shape index (κ1) is 14.1. The van der Waals surface area contributed by atoms with E-state index in [0.29, 0.717) is 29.3 Å². The van der Waals surface area contributed by atoms with E-state index in [9.17, 15) is 4.79 Å². The van der Waals surface area contributed by atoms with E-state index < -0.39 is 0 Å². The number of hydrogen-bond donors (Lipinski definition) is 1. The molecular formula is C15H13ClN2O2S. The van der Waals surface area contributed by atoms with E-state index >= 15 is 0 Å². The fourth-order valence-electron chi connectivity index (χ4n) is 2.04. The van der Waals surface area contributed by atoms with Crippen molar-refractivity contribution in [3.05, 3.63) is 51.1 Å². The van der Waals surface area contributed by atoms with Crippen LogP contribution in [0.2, 0.25) is 5.02 Å². The zero-order valence-corrected chi connectivity index (χ0v) is 12.9. The Labute approximate surface area is 130 Å². The van der Waals surface area contributed by atoms with E-state index in [0.717, 1.165) is 16.1 Å². The predicted molar refractivity (Wildman–Crippen MR) is 84.1 cm³/mol. The largest absolute Gasteiger partial charge is 0.451 e. The molecule has 1 aromatic carbocycles. The van der Waals surface area contributed by atoms with E-state index in [4.69, 9.17) is 16.0 Å². The molecule has 21 heavy (non-hydrogen) atoms. The molecule has 6 heteroatoms. The summed E-state index contributed by atoms with van der Waals surface area (Å²) in [6.45, 7) is 2.49. The number of carbonyl (C=O) groups excluding carboxylic acids is 1. The van der Waals surface area contributed by atoms with Crippen LogP contribution in [0.3, 0.4) is 0 Å². The normalized spacial score (nSPS) is 11.0. The van der Waals surface area contributed by atoms with E-state index in [2.05, 4.69) is 10.3 Å². The summed E-state index contributed by atoms with van der Waals surface area (Å²) in [5.74, 6) is 0.0657. The first-order chi connectivity index (χ1) is 10.1. The second-order valence-electron chi connectivity index (χ2n) is 4.66. The number of nitrogens with one attached hydrogen (secondary N) is 1. The number of thiazole rings is 1. The molecule has 1 N–H and O–H groups in total. The summed E-state index contributed by atoms with van der Waals surface area (Å²) in [5, 5.41) is 7.31.